The van der Waals surface area contributed by atoms with Crippen LogP contribution in [-0.4, -0.2) is 73.6 Å². The summed E-state index contributed by atoms with van der Waals surface area (Å²) >= 11 is 0. The van der Waals surface area contributed by atoms with Gasteiger partial charge in [-0.15, -0.1) is 0 Å². The molecule has 0 saturated carbocycles. The van der Waals surface area contributed by atoms with Crippen molar-refractivity contribution >= 4 is 11.9 Å². The summed E-state index contributed by atoms with van der Waals surface area (Å²) in [7, 11) is 0. The molecule has 2 heterocycles. The highest BCUT2D eigenvalue weighted by molar-refractivity contribution is 5.83. The molecule has 1 atom stereocenters. The first-order valence-corrected chi connectivity index (χ1v) is 10.6. The van der Waals surface area contributed by atoms with Crippen molar-refractivity contribution in [2.45, 2.75) is 45.1 Å². The van der Waals surface area contributed by atoms with Crippen LogP contribution in [0, 0.1) is 5.82 Å². The van der Waals surface area contributed by atoms with Crippen molar-refractivity contribution in [3.63, 3.8) is 0 Å². The Morgan fingerprint density at radius 2 is 1.93 bits per heavy atom. The number of halogens is 1. The molecule has 1 amide bonds. The minimum absolute atomic E-state index is 0.116. The van der Waals surface area contributed by atoms with Crippen LogP contribution in [0.5, 0.6) is 0 Å². The second kappa shape index (κ2) is 9.57. The van der Waals surface area contributed by atoms with Gasteiger partial charge in [-0.25, -0.2) is 4.39 Å². The fourth-order valence-electron chi connectivity index (χ4n) is 3.91. The summed E-state index contributed by atoms with van der Waals surface area (Å²) in [6.45, 7) is 10.8. The fourth-order valence-corrected chi connectivity index (χ4v) is 3.91. The van der Waals surface area contributed by atoms with Crippen LogP contribution in [-0.2, 0) is 14.9 Å². The molecule has 0 aromatic heterocycles. The van der Waals surface area contributed by atoms with Gasteiger partial charge in [0, 0.05) is 44.7 Å². The van der Waals surface area contributed by atoms with E-state index in [9.17, 15) is 9.18 Å². The average molecular weight is 405 g/mol. The van der Waals surface area contributed by atoms with E-state index in [1.165, 1.54) is 6.07 Å². The largest absolute Gasteiger partial charge is 0.368 e. The summed E-state index contributed by atoms with van der Waals surface area (Å²) < 4.78 is 19.8. The number of amides is 1. The second-order valence-electron chi connectivity index (χ2n) is 8.35. The van der Waals surface area contributed by atoms with Crippen LogP contribution >= 0.6 is 0 Å². The summed E-state index contributed by atoms with van der Waals surface area (Å²) in [5.41, 5.74) is 0.260. The van der Waals surface area contributed by atoms with Crippen molar-refractivity contribution in [2.75, 3.05) is 45.9 Å². The number of hydrogen-bond acceptors (Lipinski definition) is 3. The lowest BCUT2D eigenvalue weighted by Crippen LogP contribution is -2.55. The first kappa shape index (κ1) is 21.6. The zero-order chi connectivity index (χ0) is 20.9. The number of carbonyl (C=O) groups excluding carboxylic acids is 1. The smallest absolute Gasteiger partial charge is 0.251 e. The van der Waals surface area contributed by atoms with E-state index in [0.29, 0.717) is 31.8 Å². The molecule has 29 heavy (non-hydrogen) atoms. The van der Waals surface area contributed by atoms with E-state index in [2.05, 4.69) is 10.2 Å². The van der Waals surface area contributed by atoms with Crippen LogP contribution in [0.25, 0.3) is 0 Å². The van der Waals surface area contributed by atoms with E-state index in [-0.39, 0.29) is 17.8 Å². The fraction of sp³-hybridized carbons (Fsp3) is 0.636. The highest BCUT2D eigenvalue weighted by atomic mass is 19.1. The molecule has 2 aliphatic heterocycles. The number of nitrogens with zero attached hydrogens (tertiary/aromatic N) is 3. The molecule has 0 spiro atoms. The third kappa shape index (κ3) is 5.26. The molecule has 2 aliphatic rings. The van der Waals surface area contributed by atoms with Crippen LogP contribution in [0.15, 0.2) is 29.3 Å². The molecule has 6 nitrogen and oxygen atoms in total. The second-order valence-corrected chi connectivity index (χ2v) is 8.35. The number of hydrogen-bond donors (Lipinski definition) is 1. The quantitative estimate of drug-likeness (QED) is 0.605. The van der Waals surface area contributed by atoms with E-state index >= 15 is 0 Å². The number of guanidine groups is 1. The Morgan fingerprint density at radius 1 is 1.24 bits per heavy atom. The van der Waals surface area contributed by atoms with Crippen molar-refractivity contribution in [3.8, 4) is 0 Å². The number of benzene rings is 1. The van der Waals surface area contributed by atoms with Gasteiger partial charge in [-0.1, -0.05) is 32.0 Å². The molecule has 2 fully saturated rings. The Hall–Kier alpha value is -2.15. The molecule has 7 heteroatoms. The predicted molar refractivity (Wildman–Crippen MR) is 113 cm³/mol. The number of rotatable bonds is 5. The zero-order valence-corrected chi connectivity index (χ0v) is 17.8. The first-order chi connectivity index (χ1) is 13.9. The SMILES string of the molecule is CCNC(=NCC(C)(C)c1ccccc1F)N1CCN(C(=O)C2CCCO2)CC1. The lowest BCUT2D eigenvalue weighted by atomic mass is 9.84. The lowest BCUT2D eigenvalue weighted by Gasteiger charge is -2.37. The monoisotopic (exact) mass is 404 g/mol. The minimum atomic E-state index is -0.413. The van der Waals surface area contributed by atoms with Gasteiger partial charge in [-0.3, -0.25) is 9.79 Å². The van der Waals surface area contributed by atoms with Gasteiger partial charge in [-0.2, -0.15) is 0 Å². The third-order valence-electron chi connectivity index (χ3n) is 5.66. The average Bonchev–Trinajstić information content (AvgIpc) is 3.26. The predicted octanol–water partition coefficient (Wildman–Crippen LogP) is 2.39. The van der Waals surface area contributed by atoms with E-state index in [1.807, 2.05) is 37.8 Å². The van der Waals surface area contributed by atoms with Crippen LogP contribution in [0.4, 0.5) is 4.39 Å². The summed E-state index contributed by atoms with van der Waals surface area (Å²) in [5, 5.41) is 3.34. The Balaban J connectivity index is 1.62. The number of piperazine rings is 1. The van der Waals surface area contributed by atoms with E-state index in [4.69, 9.17) is 9.73 Å². The maximum Gasteiger partial charge on any atom is 0.251 e. The standard InChI is InChI=1S/C22H33FN4O2/c1-4-24-21(25-16-22(2,3)17-8-5-6-9-18(17)23)27-13-11-26(12-14-27)20(28)19-10-7-15-29-19/h5-6,8-9,19H,4,7,10-16H2,1-3H3,(H,24,25). The molecule has 1 unspecified atom stereocenters. The highest BCUT2D eigenvalue weighted by Crippen LogP contribution is 2.26. The highest BCUT2D eigenvalue weighted by Gasteiger charge is 2.31. The molecule has 0 bridgehead atoms. The maximum absolute atomic E-state index is 14.2. The van der Waals surface area contributed by atoms with Crippen molar-refractivity contribution in [2.24, 2.45) is 4.99 Å². The minimum Gasteiger partial charge on any atom is -0.368 e. The van der Waals surface area contributed by atoms with E-state index < -0.39 is 5.41 Å². The Kier molecular flexibility index (Phi) is 7.11. The zero-order valence-electron chi connectivity index (χ0n) is 17.8. The maximum atomic E-state index is 14.2. The van der Waals surface area contributed by atoms with Gasteiger partial charge in [-0.05, 0) is 31.4 Å². The van der Waals surface area contributed by atoms with Crippen LogP contribution in [0.1, 0.15) is 39.2 Å². The topological polar surface area (TPSA) is 57.2 Å². The lowest BCUT2D eigenvalue weighted by molar-refractivity contribution is -0.142. The first-order valence-electron chi connectivity index (χ1n) is 10.6. The summed E-state index contributed by atoms with van der Waals surface area (Å²) in [6, 6.07) is 6.89. The molecule has 3 rings (SSSR count). The number of nitrogens with one attached hydrogen (secondary N) is 1. The summed E-state index contributed by atoms with van der Waals surface area (Å²) in [4.78, 5) is 21.4. The van der Waals surface area contributed by atoms with Gasteiger partial charge in [0.2, 0.25) is 0 Å². The van der Waals surface area contributed by atoms with Gasteiger partial charge in [0.15, 0.2) is 5.96 Å². The summed E-state index contributed by atoms with van der Waals surface area (Å²) in [6.07, 6.45) is 1.53. The van der Waals surface area contributed by atoms with Crippen molar-refractivity contribution in [1.29, 1.82) is 0 Å². The third-order valence-corrected chi connectivity index (χ3v) is 5.66. The Labute approximate surface area is 173 Å². The van der Waals surface area contributed by atoms with Gasteiger partial charge in [0.05, 0.1) is 6.54 Å². The van der Waals surface area contributed by atoms with Gasteiger partial charge >= 0.3 is 0 Å². The van der Waals surface area contributed by atoms with Gasteiger partial charge in [0.1, 0.15) is 11.9 Å². The van der Waals surface area contributed by atoms with Crippen LogP contribution in [0.2, 0.25) is 0 Å². The molecular formula is C22H33FN4O2. The molecule has 1 N–H and O–H groups in total. The molecule has 1 aromatic rings. The molecule has 0 aliphatic carbocycles. The van der Waals surface area contributed by atoms with Gasteiger partial charge < -0.3 is 19.9 Å². The normalized spacial score (nSPS) is 20.8. The molecular weight excluding hydrogens is 371 g/mol. The number of ether oxygens (including phenoxy) is 1. The van der Waals surface area contributed by atoms with Gasteiger partial charge in [0.25, 0.3) is 5.91 Å². The van der Waals surface area contributed by atoms with Crippen LogP contribution in [0.3, 0.4) is 0 Å². The van der Waals surface area contributed by atoms with Crippen molar-refractivity contribution < 1.29 is 13.9 Å². The number of aliphatic imine (C=N–C) groups is 1. The van der Waals surface area contributed by atoms with E-state index in [1.54, 1.807) is 6.07 Å². The van der Waals surface area contributed by atoms with Crippen molar-refractivity contribution in [3.05, 3.63) is 35.6 Å². The Morgan fingerprint density at radius 3 is 2.55 bits per heavy atom. The number of carbonyl (C=O) groups is 1. The molecule has 160 valence electrons. The Bertz CT molecular complexity index is 723. The van der Waals surface area contributed by atoms with Crippen LogP contribution < -0.4 is 5.32 Å². The summed E-state index contributed by atoms with van der Waals surface area (Å²) in [5.74, 6) is 0.741. The molecule has 2 saturated heterocycles. The van der Waals surface area contributed by atoms with Crippen molar-refractivity contribution in [1.82, 2.24) is 15.1 Å². The molecule has 0 radical (unpaired) electrons. The van der Waals surface area contributed by atoms with E-state index in [0.717, 1.165) is 38.4 Å². The molecule has 1 aromatic carbocycles.